The van der Waals surface area contributed by atoms with Crippen molar-refractivity contribution in [2.75, 3.05) is 13.2 Å². The van der Waals surface area contributed by atoms with Gasteiger partial charge in [0.1, 0.15) is 6.29 Å². The molecule has 0 radical (unpaired) electrons. The van der Waals surface area contributed by atoms with E-state index in [2.05, 4.69) is 26.0 Å². The minimum atomic E-state index is -0.271. The zero-order chi connectivity index (χ0) is 17.0. The van der Waals surface area contributed by atoms with Crippen LogP contribution in [0.5, 0.6) is 0 Å². The molecule has 0 unspecified atom stereocenters. The zero-order valence-corrected chi connectivity index (χ0v) is 14.1. The quantitative estimate of drug-likeness (QED) is 0.602. The Balaban J connectivity index is 1.64. The van der Waals surface area contributed by atoms with Crippen molar-refractivity contribution in [2.45, 2.75) is 20.1 Å². The topological polar surface area (TPSA) is 35.5 Å². The molecule has 124 valence electrons. The van der Waals surface area contributed by atoms with Crippen molar-refractivity contribution in [3.8, 4) is 0 Å². The van der Waals surface area contributed by atoms with Gasteiger partial charge in [0, 0.05) is 16.5 Å². The van der Waals surface area contributed by atoms with Gasteiger partial charge in [-0.3, -0.25) is 4.79 Å². The van der Waals surface area contributed by atoms with Crippen molar-refractivity contribution in [1.29, 1.82) is 0 Å². The van der Waals surface area contributed by atoms with Gasteiger partial charge >= 0.3 is 0 Å². The maximum atomic E-state index is 10.7. The summed E-state index contributed by atoms with van der Waals surface area (Å²) in [6.45, 7) is 5.68. The van der Waals surface area contributed by atoms with Crippen molar-refractivity contribution in [3.63, 3.8) is 0 Å². The van der Waals surface area contributed by atoms with E-state index in [1.807, 2.05) is 48.6 Å². The van der Waals surface area contributed by atoms with Gasteiger partial charge in [0.2, 0.25) is 0 Å². The third kappa shape index (κ3) is 4.19. The second-order valence-electron chi connectivity index (χ2n) is 6.90. The number of rotatable bonds is 4. The molecule has 0 spiro atoms. The zero-order valence-electron chi connectivity index (χ0n) is 14.1. The van der Waals surface area contributed by atoms with Crippen LogP contribution < -0.4 is 0 Å². The summed E-state index contributed by atoms with van der Waals surface area (Å²) in [6.07, 6.45) is 4.65. The molecule has 1 heterocycles. The first-order valence-electron chi connectivity index (χ1n) is 8.12. The number of hydrogen-bond donors (Lipinski definition) is 0. The van der Waals surface area contributed by atoms with Gasteiger partial charge in [-0.25, -0.2) is 0 Å². The highest BCUT2D eigenvalue weighted by atomic mass is 16.7. The van der Waals surface area contributed by atoms with Crippen molar-refractivity contribution < 1.29 is 14.3 Å². The number of benzene rings is 2. The number of aldehydes is 1. The number of carbonyl (C=O) groups excluding carboxylic acids is 1. The van der Waals surface area contributed by atoms with Gasteiger partial charge in [-0.15, -0.1) is 0 Å². The molecular formula is C21H22O3. The number of hydrogen-bond acceptors (Lipinski definition) is 3. The number of carbonyl (C=O) groups is 1. The molecule has 3 rings (SSSR count). The molecule has 0 aliphatic carbocycles. The molecule has 1 fully saturated rings. The summed E-state index contributed by atoms with van der Waals surface area (Å²) in [7, 11) is 0. The van der Waals surface area contributed by atoms with Gasteiger partial charge in [0.05, 0.1) is 13.2 Å². The second-order valence-corrected chi connectivity index (χ2v) is 6.90. The van der Waals surface area contributed by atoms with Crippen LogP contribution in [0.15, 0.2) is 48.5 Å². The van der Waals surface area contributed by atoms with Crippen LogP contribution in [0.3, 0.4) is 0 Å². The summed E-state index contributed by atoms with van der Waals surface area (Å²) in [5.41, 5.74) is 3.98. The van der Waals surface area contributed by atoms with E-state index in [0.29, 0.717) is 18.8 Å². The molecule has 0 amide bonds. The molecule has 2 aromatic rings. The van der Waals surface area contributed by atoms with Gasteiger partial charge < -0.3 is 9.47 Å². The molecule has 0 aromatic heterocycles. The highest BCUT2D eigenvalue weighted by molar-refractivity contribution is 5.76. The molecule has 1 saturated heterocycles. The average Bonchev–Trinajstić information content (AvgIpc) is 2.61. The lowest BCUT2D eigenvalue weighted by molar-refractivity contribution is -0.226. The molecule has 0 atom stereocenters. The Hall–Kier alpha value is -2.23. The first-order chi connectivity index (χ1) is 11.6. The Morgan fingerprint density at radius 3 is 1.79 bits per heavy atom. The first kappa shape index (κ1) is 16.6. The van der Waals surface area contributed by atoms with Crippen LogP contribution in [-0.2, 0) is 9.47 Å². The Bertz CT molecular complexity index is 702. The van der Waals surface area contributed by atoms with Crippen LogP contribution in [0.25, 0.3) is 12.2 Å². The van der Waals surface area contributed by atoms with Gasteiger partial charge in [-0.05, 0) is 11.1 Å². The molecule has 0 saturated carbocycles. The summed E-state index contributed by atoms with van der Waals surface area (Å²) in [6, 6.07) is 15.7. The van der Waals surface area contributed by atoms with Gasteiger partial charge in [-0.1, -0.05) is 74.5 Å². The minimum absolute atomic E-state index is 0.0819. The van der Waals surface area contributed by atoms with Crippen molar-refractivity contribution in [1.82, 2.24) is 0 Å². The van der Waals surface area contributed by atoms with E-state index in [0.717, 1.165) is 23.0 Å². The van der Waals surface area contributed by atoms with Crippen LogP contribution in [0.2, 0.25) is 0 Å². The SMILES string of the molecule is CC1(C)COC(c2ccc(/C=C/c3ccc(C=O)cc3)cc2)OC1. The normalized spacial score (nSPS) is 17.9. The molecule has 2 aromatic carbocycles. The molecule has 0 bridgehead atoms. The van der Waals surface area contributed by atoms with Gasteiger partial charge in [0.25, 0.3) is 0 Å². The fourth-order valence-electron chi connectivity index (χ4n) is 2.53. The van der Waals surface area contributed by atoms with Gasteiger partial charge in [0.15, 0.2) is 6.29 Å². The first-order valence-corrected chi connectivity index (χ1v) is 8.12. The summed E-state index contributed by atoms with van der Waals surface area (Å²) >= 11 is 0. The van der Waals surface area contributed by atoms with Crippen LogP contribution in [0.1, 0.15) is 47.2 Å². The summed E-state index contributed by atoms with van der Waals surface area (Å²) < 4.78 is 11.6. The molecule has 1 aliphatic heterocycles. The van der Waals surface area contributed by atoms with Crippen LogP contribution in [-0.4, -0.2) is 19.5 Å². The number of ether oxygens (including phenoxy) is 2. The monoisotopic (exact) mass is 322 g/mol. The van der Waals surface area contributed by atoms with Crippen LogP contribution in [0, 0.1) is 5.41 Å². The smallest absolute Gasteiger partial charge is 0.183 e. The molecule has 0 N–H and O–H groups in total. The molecular weight excluding hydrogens is 300 g/mol. The Labute approximate surface area is 142 Å². The predicted molar refractivity (Wildman–Crippen MR) is 95.6 cm³/mol. The molecule has 3 nitrogen and oxygen atoms in total. The third-order valence-electron chi connectivity index (χ3n) is 4.00. The fraction of sp³-hybridized carbons (Fsp3) is 0.286. The minimum Gasteiger partial charge on any atom is -0.348 e. The highest BCUT2D eigenvalue weighted by Crippen LogP contribution is 2.31. The van der Waals surface area contributed by atoms with Crippen molar-refractivity contribution >= 4 is 18.4 Å². The van der Waals surface area contributed by atoms with E-state index >= 15 is 0 Å². The van der Waals surface area contributed by atoms with E-state index in [1.165, 1.54) is 0 Å². The molecule has 3 heteroatoms. The molecule has 1 aliphatic rings. The maximum absolute atomic E-state index is 10.7. The van der Waals surface area contributed by atoms with Crippen molar-refractivity contribution in [3.05, 3.63) is 70.8 Å². The van der Waals surface area contributed by atoms with Crippen molar-refractivity contribution in [2.24, 2.45) is 5.41 Å². The summed E-state index contributed by atoms with van der Waals surface area (Å²) in [5.74, 6) is 0. The van der Waals surface area contributed by atoms with E-state index in [9.17, 15) is 4.79 Å². The lowest BCUT2D eigenvalue weighted by Crippen LogP contribution is -2.33. The van der Waals surface area contributed by atoms with E-state index < -0.39 is 0 Å². The summed E-state index contributed by atoms with van der Waals surface area (Å²) in [5, 5.41) is 0. The molecule has 24 heavy (non-hydrogen) atoms. The third-order valence-corrected chi connectivity index (χ3v) is 4.00. The highest BCUT2D eigenvalue weighted by Gasteiger charge is 2.28. The van der Waals surface area contributed by atoms with Crippen LogP contribution >= 0.6 is 0 Å². The standard InChI is InChI=1S/C21H22O3/c1-21(2)14-23-20(24-15-21)19-11-9-17(10-12-19)4-3-16-5-7-18(13-22)8-6-16/h3-13,20H,14-15H2,1-2H3/b4-3+. The maximum Gasteiger partial charge on any atom is 0.183 e. The Morgan fingerprint density at radius 1 is 0.833 bits per heavy atom. The average molecular weight is 322 g/mol. The lowest BCUT2D eigenvalue weighted by atomic mass is 9.95. The van der Waals surface area contributed by atoms with Gasteiger partial charge in [-0.2, -0.15) is 0 Å². The summed E-state index contributed by atoms with van der Waals surface area (Å²) in [4.78, 5) is 10.7. The van der Waals surface area contributed by atoms with E-state index in [1.54, 1.807) is 0 Å². The Kier molecular flexibility index (Phi) is 4.93. The van der Waals surface area contributed by atoms with Crippen LogP contribution in [0.4, 0.5) is 0 Å². The van der Waals surface area contributed by atoms with E-state index in [4.69, 9.17) is 9.47 Å². The lowest BCUT2D eigenvalue weighted by Gasteiger charge is -2.34. The second kappa shape index (κ2) is 7.12. The Morgan fingerprint density at radius 2 is 1.29 bits per heavy atom. The predicted octanol–water partition coefficient (Wildman–Crippen LogP) is 4.74. The van der Waals surface area contributed by atoms with E-state index in [-0.39, 0.29) is 11.7 Å². The fourth-order valence-corrected chi connectivity index (χ4v) is 2.53. The largest absolute Gasteiger partial charge is 0.348 e.